The minimum atomic E-state index is -0.156. The number of rotatable bonds is 6. The second-order valence-corrected chi connectivity index (χ2v) is 8.92. The maximum Gasteiger partial charge on any atom is 0.315 e. The summed E-state index contributed by atoms with van der Waals surface area (Å²) < 4.78 is 11.0. The normalized spacial score (nSPS) is 25.1. The molecule has 1 saturated carbocycles. The average molecular weight is 440 g/mol. The summed E-state index contributed by atoms with van der Waals surface area (Å²) in [6.07, 6.45) is 7.39. The first kappa shape index (κ1) is 22.3. The summed E-state index contributed by atoms with van der Waals surface area (Å²) in [7, 11) is 5.53. The zero-order chi connectivity index (χ0) is 22.7. The first-order valence-electron chi connectivity index (χ1n) is 11.2. The summed E-state index contributed by atoms with van der Waals surface area (Å²) >= 11 is 0. The molecule has 2 heterocycles. The molecule has 1 aromatic carbocycles. The Hall–Kier alpha value is -2.87. The molecule has 8 heteroatoms. The van der Waals surface area contributed by atoms with E-state index in [1.54, 1.807) is 26.6 Å². The van der Waals surface area contributed by atoms with Gasteiger partial charge in [0.2, 0.25) is 0 Å². The van der Waals surface area contributed by atoms with Gasteiger partial charge in [0.15, 0.2) is 11.5 Å². The molecule has 0 spiro atoms. The van der Waals surface area contributed by atoms with Crippen LogP contribution in [0.4, 0.5) is 4.79 Å². The van der Waals surface area contributed by atoms with Gasteiger partial charge in [-0.1, -0.05) is 6.07 Å². The minimum absolute atomic E-state index is 0.0699. The number of nitrogens with one attached hydrogen (secondary N) is 2. The lowest BCUT2D eigenvalue weighted by Gasteiger charge is -2.45. The zero-order valence-electron chi connectivity index (χ0n) is 19.4. The predicted molar refractivity (Wildman–Crippen MR) is 122 cm³/mol. The van der Waals surface area contributed by atoms with Gasteiger partial charge in [0.05, 0.1) is 38.3 Å². The Labute approximate surface area is 189 Å². The molecular weight excluding hydrogens is 406 g/mol. The highest BCUT2D eigenvalue weighted by Gasteiger charge is 2.50. The highest BCUT2D eigenvalue weighted by Crippen LogP contribution is 2.49. The minimum Gasteiger partial charge on any atom is -0.493 e. The lowest BCUT2D eigenvalue weighted by Crippen LogP contribution is -2.53. The molecule has 0 bridgehead atoms. The molecule has 172 valence electrons. The summed E-state index contributed by atoms with van der Waals surface area (Å²) in [5, 5.41) is 6.08. The molecule has 2 N–H and O–H groups in total. The fourth-order valence-corrected chi connectivity index (χ4v) is 5.31. The van der Waals surface area contributed by atoms with Crippen molar-refractivity contribution in [2.45, 2.75) is 56.7 Å². The standard InChI is InChI=1S/C24H33N5O3/c1-16-13-26-19(14-25-16)15-27-23(30)28-18-7-8-24(9-10-29(2)22(24)12-18)17-5-6-20(31-3)21(11-17)32-4/h5-6,11,13-14,18,22H,7-10,12,15H2,1-4H3,(H2,27,28,30). The van der Waals surface area contributed by atoms with Gasteiger partial charge in [-0.15, -0.1) is 0 Å². The molecule has 32 heavy (non-hydrogen) atoms. The Kier molecular flexibility index (Phi) is 6.50. The Bertz CT molecular complexity index is 951. The van der Waals surface area contributed by atoms with E-state index in [1.807, 2.05) is 13.0 Å². The molecule has 1 aromatic heterocycles. The molecule has 2 amide bonds. The Morgan fingerprint density at radius 1 is 1.19 bits per heavy atom. The number of aryl methyl sites for hydroxylation is 1. The summed E-state index contributed by atoms with van der Waals surface area (Å²) in [5.74, 6) is 1.52. The van der Waals surface area contributed by atoms with E-state index in [1.165, 1.54) is 5.56 Å². The van der Waals surface area contributed by atoms with Crippen LogP contribution >= 0.6 is 0 Å². The number of methoxy groups -OCH3 is 2. The third kappa shape index (κ3) is 4.37. The highest BCUT2D eigenvalue weighted by atomic mass is 16.5. The molecule has 1 aliphatic carbocycles. The quantitative estimate of drug-likeness (QED) is 0.720. The van der Waals surface area contributed by atoms with Crippen molar-refractivity contribution < 1.29 is 14.3 Å². The van der Waals surface area contributed by atoms with Gasteiger partial charge in [-0.25, -0.2) is 4.79 Å². The van der Waals surface area contributed by atoms with E-state index in [9.17, 15) is 4.79 Å². The van der Waals surface area contributed by atoms with Crippen molar-refractivity contribution in [2.24, 2.45) is 0 Å². The van der Waals surface area contributed by atoms with Crippen molar-refractivity contribution in [3.8, 4) is 11.5 Å². The number of amides is 2. The summed E-state index contributed by atoms with van der Waals surface area (Å²) in [6.45, 7) is 3.30. The van der Waals surface area contributed by atoms with Crippen molar-refractivity contribution in [1.29, 1.82) is 0 Å². The first-order chi connectivity index (χ1) is 15.4. The molecule has 4 rings (SSSR count). The first-order valence-corrected chi connectivity index (χ1v) is 11.2. The van der Waals surface area contributed by atoms with Crippen LogP contribution in [-0.2, 0) is 12.0 Å². The molecule has 2 aliphatic rings. The van der Waals surface area contributed by atoms with E-state index in [0.29, 0.717) is 12.6 Å². The van der Waals surface area contributed by atoms with E-state index < -0.39 is 0 Å². The van der Waals surface area contributed by atoms with E-state index in [2.05, 4.69) is 44.7 Å². The monoisotopic (exact) mass is 439 g/mol. The number of benzene rings is 1. The largest absolute Gasteiger partial charge is 0.493 e. The van der Waals surface area contributed by atoms with Crippen molar-refractivity contribution in [3.63, 3.8) is 0 Å². The Morgan fingerprint density at radius 2 is 2.00 bits per heavy atom. The fourth-order valence-electron chi connectivity index (χ4n) is 5.31. The lowest BCUT2D eigenvalue weighted by atomic mass is 9.65. The third-order valence-corrected chi connectivity index (χ3v) is 7.09. The smallest absolute Gasteiger partial charge is 0.315 e. The number of aromatic nitrogens is 2. The van der Waals surface area contributed by atoms with Gasteiger partial charge < -0.3 is 25.0 Å². The van der Waals surface area contributed by atoms with E-state index in [-0.39, 0.29) is 17.5 Å². The van der Waals surface area contributed by atoms with Crippen LogP contribution in [-0.4, -0.2) is 60.8 Å². The molecule has 3 atom stereocenters. The molecule has 1 aliphatic heterocycles. The molecule has 8 nitrogen and oxygen atoms in total. The number of nitrogens with zero attached hydrogens (tertiary/aromatic N) is 3. The van der Waals surface area contributed by atoms with Gasteiger partial charge in [-0.2, -0.15) is 0 Å². The van der Waals surface area contributed by atoms with Gasteiger partial charge in [0, 0.05) is 23.7 Å². The van der Waals surface area contributed by atoms with Crippen LogP contribution in [0.3, 0.4) is 0 Å². The maximum atomic E-state index is 12.5. The van der Waals surface area contributed by atoms with Gasteiger partial charge in [-0.3, -0.25) is 9.97 Å². The second-order valence-electron chi connectivity index (χ2n) is 8.92. The van der Waals surface area contributed by atoms with E-state index in [0.717, 1.165) is 55.1 Å². The highest BCUT2D eigenvalue weighted by molar-refractivity contribution is 5.74. The van der Waals surface area contributed by atoms with Crippen LogP contribution in [0, 0.1) is 6.92 Å². The molecule has 1 saturated heterocycles. The Morgan fingerprint density at radius 3 is 2.72 bits per heavy atom. The van der Waals surface area contributed by atoms with Crippen LogP contribution in [0.2, 0.25) is 0 Å². The van der Waals surface area contributed by atoms with Crippen molar-refractivity contribution in [2.75, 3.05) is 27.8 Å². The number of hydrogen-bond acceptors (Lipinski definition) is 6. The molecule has 0 radical (unpaired) electrons. The molecular formula is C24H33N5O3. The van der Waals surface area contributed by atoms with Crippen LogP contribution in [0.15, 0.2) is 30.6 Å². The van der Waals surface area contributed by atoms with Gasteiger partial charge in [-0.05, 0) is 63.9 Å². The molecule has 3 unspecified atom stereocenters. The number of carbonyl (C=O) groups excluding carboxylic acids is 1. The van der Waals surface area contributed by atoms with Gasteiger partial charge in [0.25, 0.3) is 0 Å². The molecule has 2 fully saturated rings. The number of ether oxygens (including phenoxy) is 2. The number of fused-ring (bicyclic) bond motifs is 1. The number of likely N-dealkylation sites (N-methyl/N-ethyl adjacent to an activating group) is 1. The molecule has 2 aromatic rings. The maximum absolute atomic E-state index is 12.5. The van der Waals surface area contributed by atoms with Crippen LogP contribution in [0.5, 0.6) is 11.5 Å². The Balaban J connectivity index is 1.42. The second kappa shape index (κ2) is 9.32. The zero-order valence-corrected chi connectivity index (χ0v) is 19.4. The number of urea groups is 1. The van der Waals surface area contributed by atoms with Crippen LogP contribution in [0.25, 0.3) is 0 Å². The SMILES string of the molecule is COc1ccc(C23CCC(NC(=O)NCc4cnc(C)cn4)CC2N(C)CC3)cc1OC. The number of carbonyl (C=O) groups is 1. The summed E-state index contributed by atoms with van der Waals surface area (Å²) in [4.78, 5) is 23.5. The van der Waals surface area contributed by atoms with E-state index in [4.69, 9.17) is 9.47 Å². The third-order valence-electron chi connectivity index (χ3n) is 7.09. The summed E-state index contributed by atoms with van der Waals surface area (Å²) in [5.41, 5.74) is 2.97. The topological polar surface area (TPSA) is 88.6 Å². The van der Waals surface area contributed by atoms with Crippen LogP contribution in [0.1, 0.15) is 42.6 Å². The van der Waals surface area contributed by atoms with Crippen LogP contribution < -0.4 is 20.1 Å². The van der Waals surface area contributed by atoms with E-state index >= 15 is 0 Å². The summed E-state index contributed by atoms with van der Waals surface area (Å²) in [6, 6.07) is 6.66. The van der Waals surface area contributed by atoms with Crippen molar-refractivity contribution in [1.82, 2.24) is 25.5 Å². The van der Waals surface area contributed by atoms with Gasteiger partial charge >= 0.3 is 6.03 Å². The average Bonchev–Trinajstić information content (AvgIpc) is 3.15. The fraction of sp³-hybridized carbons (Fsp3) is 0.542. The lowest BCUT2D eigenvalue weighted by molar-refractivity contribution is 0.154. The van der Waals surface area contributed by atoms with Crippen molar-refractivity contribution >= 4 is 6.03 Å². The number of likely N-dealkylation sites (tertiary alicyclic amines) is 1. The van der Waals surface area contributed by atoms with Gasteiger partial charge in [0.1, 0.15) is 0 Å². The number of hydrogen-bond donors (Lipinski definition) is 2. The van der Waals surface area contributed by atoms with Crippen molar-refractivity contribution in [3.05, 3.63) is 47.5 Å². The predicted octanol–water partition coefficient (Wildman–Crippen LogP) is 2.80.